The third-order valence-electron chi connectivity index (χ3n) is 2.41. The number of hydrogen-bond acceptors (Lipinski definition) is 4. The highest BCUT2D eigenvalue weighted by atomic mass is 79.9. The summed E-state index contributed by atoms with van der Waals surface area (Å²) in [6, 6.07) is 3.24. The average molecular weight is 345 g/mol. The van der Waals surface area contributed by atoms with Crippen molar-refractivity contribution in [3.63, 3.8) is 0 Å². The zero-order chi connectivity index (χ0) is 15.0. The van der Waals surface area contributed by atoms with Crippen molar-refractivity contribution in [2.75, 3.05) is 19.7 Å². The monoisotopic (exact) mass is 344 g/mol. The Morgan fingerprint density at radius 1 is 1.65 bits per heavy atom. The summed E-state index contributed by atoms with van der Waals surface area (Å²) < 4.78 is 18.9. The standard InChI is InChI=1S/C12H14BrFN4O2/c1-2-20-12(19)11(16-5-6-17-18-15)9-7-8(14)3-4-10(9)13/h3-4,7,11,16H,2,5-6H2,1H3. The molecular weight excluding hydrogens is 331 g/mol. The van der Waals surface area contributed by atoms with E-state index in [2.05, 4.69) is 31.3 Å². The van der Waals surface area contributed by atoms with Crippen molar-refractivity contribution in [3.8, 4) is 0 Å². The van der Waals surface area contributed by atoms with E-state index in [1.54, 1.807) is 6.92 Å². The molecule has 0 heterocycles. The molecule has 0 aliphatic rings. The van der Waals surface area contributed by atoms with Gasteiger partial charge in [0.2, 0.25) is 0 Å². The molecule has 6 nitrogen and oxygen atoms in total. The predicted octanol–water partition coefficient (Wildman–Crippen LogP) is 3.09. The summed E-state index contributed by atoms with van der Waals surface area (Å²) in [7, 11) is 0. The lowest BCUT2D eigenvalue weighted by Gasteiger charge is -2.18. The van der Waals surface area contributed by atoms with Crippen molar-refractivity contribution in [2.45, 2.75) is 13.0 Å². The molecule has 0 saturated heterocycles. The van der Waals surface area contributed by atoms with Crippen LogP contribution in [0.2, 0.25) is 0 Å². The van der Waals surface area contributed by atoms with Crippen molar-refractivity contribution < 1.29 is 13.9 Å². The second-order valence-electron chi connectivity index (χ2n) is 3.76. The van der Waals surface area contributed by atoms with Gasteiger partial charge in [0.1, 0.15) is 11.9 Å². The number of hydrogen-bond donors (Lipinski definition) is 1. The van der Waals surface area contributed by atoms with Crippen LogP contribution in [0.5, 0.6) is 0 Å². The minimum Gasteiger partial charge on any atom is -0.465 e. The molecule has 0 radical (unpaired) electrons. The van der Waals surface area contributed by atoms with Gasteiger partial charge < -0.3 is 10.1 Å². The van der Waals surface area contributed by atoms with Gasteiger partial charge in [-0.3, -0.25) is 0 Å². The van der Waals surface area contributed by atoms with Crippen molar-refractivity contribution >= 4 is 21.9 Å². The molecule has 0 spiro atoms. The van der Waals surface area contributed by atoms with Gasteiger partial charge in [0.05, 0.1) is 6.61 Å². The molecule has 1 rings (SSSR count). The fraction of sp³-hybridized carbons (Fsp3) is 0.417. The van der Waals surface area contributed by atoms with Gasteiger partial charge in [-0.25, -0.2) is 9.18 Å². The summed E-state index contributed by atoms with van der Waals surface area (Å²) in [6.07, 6.45) is 0. The van der Waals surface area contributed by atoms with Gasteiger partial charge in [0.25, 0.3) is 0 Å². The first-order valence-electron chi connectivity index (χ1n) is 5.96. The third-order valence-corrected chi connectivity index (χ3v) is 3.14. The van der Waals surface area contributed by atoms with E-state index < -0.39 is 17.8 Å². The molecule has 0 aliphatic carbocycles. The number of carbonyl (C=O) groups is 1. The highest BCUT2D eigenvalue weighted by Gasteiger charge is 2.23. The number of esters is 1. The van der Waals surface area contributed by atoms with E-state index in [-0.39, 0.29) is 19.7 Å². The quantitative estimate of drug-likeness (QED) is 0.271. The molecule has 0 fully saturated rings. The second kappa shape index (κ2) is 8.52. The lowest BCUT2D eigenvalue weighted by molar-refractivity contribution is -0.145. The zero-order valence-corrected chi connectivity index (χ0v) is 12.4. The first kappa shape index (κ1) is 16.4. The van der Waals surface area contributed by atoms with E-state index in [4.69, 9.17) is 10.3 Å². The maximum absolute atomic E-state index is 13.3. The van der Waals surface area contributed by atoms with Gasteiger partial charge in [-0.1, -0.05) is 21.0 Å². The molecule has 0 bridgehead atoms. The Labute approximate surface area is 124 Å². The normalized spacial score (nSPS) is 11.6. The van der Waals surface area contributed by atoms with Gasteiger partial charge in [0, 0.05) is 22.5 Å². The number of rotatable bonds is 7. The van der Waals surface area contributed by atoms with Crippen molar-refractivity contribution in [1.82, 2.24) is 5.32 Å². The summed E-state index contributed by atoms with van der Waals surface area (Å²) in [5, 5.41) is 6.25. The van der Waals surface area contributed by atoms with Gasteiger partial charge >= 0.3 is 5.97 Å². The largest absolute Gasteiger partial charge is 0.465 e. The molecule has 8 heteroatoms. The van der Waals surface area contributed by atoms with Crippen molar-refractivity contribution in [1.29, 1.82) is 0 Å². The minimum atomic E-state index is -0.825. The van der Waals surface area contributed by atoms with Crippen LogP contribution < -0.4 is 5.32 Å². The molecular formula is C12H14BrFN4O2. The van der Waals surface area contributed by atoms with E-state index in [9.17, 15) is 9.18 Å². The first-order chi connectivity index (χ1) is 9.60. The Morgan fingerprint density at radius 2 is 2.40 bits per heavy atom. The highest BCUT2D eigenvalue weighted by Crippen LogP contribution is 2.25. The maximum atomic E-state index is 13.3. The van der Waals surface area contributed by atoms with Crippen LogP contribution >= 0.6 is 15.9 Å². The molecule has 1 atom stereocenters. The smallest absolute Gasteiger partial charge is 0.327 e. The van der Waals surface area contributed by atoms with Crippen LogP contribution in [-0.2, 0) is 9.53 Å². The second-order valence-corrected chi connectivity index (χ2v) is 4.61. The molecule has 20 heavy (non-hydrogen) atoms. The van der Waals surface area contributed by atoms with Crippen LogP contribution in [0.1, 0.15) is 18.5 Å². The predicted molar refractivity (Wildman–Crippen MR) is 75.5 cm³/mol. The summed E-state index contributed by atoms with van der Waals surface area (Å²) in [6.45, 7) is 2.37. The van der Waals surface area contributed by atoms with E-state index >= 15 is 0 Å². The van der Waals surface area contributed by atoms with E-state index in [1.165, 1.54) is 18.2 Å². The SMILES string of the molecule is CCOC(=O)C(NCCN=[N+]=[N-])c1cc(F)ccc1Br. The number of azide groups is 1. The van der Waals surface area contributed by atoms with Crippen LogP contribution in [0.25, 0.3) is 10.4 Å². The maximum Gasteiger partial charge on any atom is 0.327 e. The Hall–Kier alpha value is -1.63. The number of nitrogens with one attached hydrogen (secondary N) is 1. The fourth-order valence-corrected chi connectivity index (χ4v) is 2.06. The Kier molecular flexibility index (Phi) is 7.00. The summed E-state index contributed by atoms with van der Waals surface area (Å²) >= 11 is 3.28. The van der Waals surface area contributed by atoms with E-state index in [0.717, 1.165) is 0 Å². The Morgan fingerprint density at radius 3 is 3.05 bits per heavy atom. The van der Waals surface area contributed by atoms with Crippen molar-refractivity contribution in [2.24, 2.45) is 5.11 Å². The molecule has 1 unspecified atom stereocenters. The minimum absolute atomic E-state index is 0.180. The number of benzene rings is 1. The Balaban J connectivity index is 2.93. The van der Waals surface area contributed by atoms with Crippen LogP contribution in [0.3, 0.4) is 0 Å². The molecule has 1 aromatic carbocycles. The lowest BCUT2D eigenvalue weighted by atomic mass is 10.1. The van der Waals surface area contributed by atoms with Gasteiger partial charge in [0.15, 0.2) is 0 Å². The molecule has 0 aliphatic heterocycles. The molecule has 0 saturated carbocycles. The van der Waals surface area contributed by atoms with Crippen LogP contribution in [0, 0.1) is 5.82 Å². The molecule has 0 aromatic heterocycles. The van der Waals surface area contributed by atoms with Crippen molar-refractivity contribution in [3.05, 3.63) is 44.5 Å². The Bertz CT molecular complexity index is 520. The summed E-state index contributed by atoms with van der Waals surface area (Å²) in [5.41, 5.74) is 8.64. The number of carbonyl (C=O) groups excluding carboxylic acids is 1. The van der Waals surface area contributed by atoms with Gasteiger partial charge in [-0.2, -0.15) is 0 Å². The topological polar surface area (TPSA) is 87.1 Å². The number of nitrogens with zero attached hydrogens (tertiary/aromatic N) is 3. The zero-order valence-electron chi connectivity index (χ0n) is 10.8. The molecule has 1 N–H and O–H groups in total. The summed E-state index contributed by atoms with van der Waals surface area (Å²) in [5.74, 6) is -0.964. The fourth-order valence-electron chi connectivity index (χ4n) is 1.59. The molecule has 0 amide bonds. The van der Waals surface area contributed by atoms with E-state index in [1.807, 2.05) is 0 Å². The van der Waals surface area contributed by atoms with Crippen LogP contribution in [-0.4, -0.2) is 25.7 Å². The summed E-state index contributed by atoms with van der Waals surface area (Å²) in [4.78, 5) is 14.6. The third kappa shape index (κ3) is 4.80. The average Bonchev–Trinajstić information content (AvgIpc) is 2.42. The van der Waals surface area contributed by atoms with Crippen LogP contribution in [0.15, 0.2) is 27.8 Å². The van der Waals surface area contributed by atoms with Gasteiger partial charge in [-0.15, -0.1) is 0 Å². The number of halogens is 2. The van der Waals surface area contributed by atoms with Gasteiger partial charge in [-0.05, 0) is 36.2 Å². The highest BCUT2D eigenvalue weighted by molar-refractivity contribution is 9.10. The van der Waals surface area contributed by atoms with Crippen LogP contribution in [0.4, 0.5) is 4.39 Å². The number of ether oxygens (including phenoxy) is 1. The first-order valence-corrected chi connectivity index (χ1v) is 6.75. The molecule has 1 aromatic rings. The molecule has 108 valence electrons. The van der Waals surface area contributed by atoms with E-state index in [0.29, 0.717) is 10.0 Å². The lowest BCUT2D eigenvalue weighted by Crippen LogP contribution is -2.32.